The SMILES string of the molecule is CCCCC/C=C1/C(=O)CCC1C(=O)OCC. The molecule has 1 aliphatic carbocycles. The zero-order valence-electron chi connectivity index (χ0n) is 10.8. The van der Waals surface area contributed by atoms with Gasteiger partial charge in [0.05, 0.1) is 12.5 Å². The summed E-state index contributed by atoms with van der Waals surface area (Å²) in [5.74, 6) is -0.413. The van der Waals surface area contributed by atoms with Gasteiger partial charge in [-0.3, -0.25) is 9.59 Å². The van der Waals surface area contributed by atoms with Crippen molar-refractivity contribution in [3.63, 3.8) is 0 Å². The molecule has 3 nitrogen and oxygen atoms in total. The lowest BCUT2D eigenvalue weighted by molar-refractivity contribution is -0.146. The van der Waals surface area contributed by atoms with Gasteiger partial charge in [-0.25, -0.2) is 0 Å². The van der Waals surface area contributed by atoms with Crippen molar-refractivity contribution in [3.05, 3.63) is 11.6 Å². The van der Waals surface area contributed by atoms with Gasteiger partial charge in [0.15, 0.2) is 5.78 Å². The van der Waals surface area contributed by atoms with Gasteiger partial charge in [-0.05, 0) is 26.2 Å². The first-order chi connectivity index (χ1) is 8.20. The van der Waals surface area contributed by atoms with Crippen LogP contribution in [0.25, 0.3) is 0 Å². The number of carbonyl (C=O) groups excluding carboxylic acids is 2. The Hall–Kier alpha value is -1.12. The van der Waals surface area contributed by atoms with Crippen LogP contribution in [-0.4, -0.2) is 18.4 Å². The van der Waals surface area contributed by atoms with Gasteiger partial charge in [0.2, 0.25) is 0 Å². The molecule has 1 rings (SSSR count). The van der Waals surface area contributed by atoms with Gasteiger partial charge >= 0.3 is 5.97 Å². The van der Waals surface area contributed by atoms with E-state index in [2.05, 4.69) is 6.92 Å². The number of allylic oxidation sites excluding steroid dienone is 1. The van der Waals surface area contributed by atoms with Gasteiger partial charge in [-0.1, -0.05) is 25.8 Å². The minimum atomic E-state index is -0.302. The van der Waals surface area contributed by atoms with Crippen LogP contribution < -0.4 is 0 Å². The van der Waals surface area contributed by atoms with Crippen molar-refractivity contribution in [3.8, 4) is 0 Å². The third-order valence-electron chi connectivity index (χ3n) is 3.10. The second-order valence-corrected chi connectivity index (χ2v) is 4.42. The number of ketones is 1. The fourth-order valence-electron chi connectivity index (χ4n) is 2.17. The number of Topliss-reactive ketones (excluding diaryl/α,β-unsaturated/α-hetero) is 1. The monoisotopic (exact) mass is 238 g/mol. The van der Waals surface area contributed by atoms with Crippen molar-refractivity contribution in [1.29, 1.82) is 0 Å². The summed E-state index contributed by atoms with van der Waals surface area (Å²) >= 11 is 0. The maximum absolute atomic E-state index is 11.7. The molecule has 0 aromatic carbocycles. The van der Waals surface area contributed by atoms with Crippen LogP contribution in [0.15, 0.2) is 11.6 Å². The molecule has 0 spiro atoms. The Bertz CT molecular complexity index is 305. The zero-order valence-corrected chi connectivity index (χ0v) is 10.8. The molecule has 0 aliphatic heterocycles. The van der Waals surface area contributed by atoms with E-state index >= 15 is 0 Å². The lowest BCUT2D eigenvalue weighted by Crippen LogP contribution is -2.17. The minimum Gasteiger partial charge on any atom is -0.466 e. The first-order valence-corrected chi connectivity index (χ1v) is 6.60. The van der Waals surface area contributed by atoms with Crippen LogP contribution in [0.1, 0.15) is 52.4 Å². The fraction of sp³-hybridized carbons (Fsp3) is 0.714. The summed E-state index contributed by atoms with van der Waals surface area (Å²) < 4.78 is 5.00. The first-order valence-electron chi connectivity index (χ1n) is 6.60. The third-order valence-corrected chi connectivity index (χ3v) is 3.10. The van der Waals surface area contributed by atoms with Crippen LogP contribution in [0.5, 0.6) is 0 Å². The molecule has 0 heterocycles. The summed E-state index contributed by atoms with van der Waals surface area (Å²) in [7, 11) is 0. The Morgan fingerprint density at radius 3 is 2.82 bits per heavy atom. The molecule has 1 saturated carbocycles. The molecule has 0 aromatic rings. The second kappa shape index (κ2) is 7.25. The predicted octanol–water partition coefficient (Wildman–Crippen LogP) is 3.04. The standard InChI is InChI=1S/C14H22O3/c1-3-5-6-7-8-11-12(9-10-13(11)15)14(16)17-4-2/h8,12H,3-7,9-10H2,1-2H3/b11-8+. The predicted molar refractivity (Wildman–Crippen MR) is 66.6 cm³/mol. The van der Waals surface area contributed by atoms with Crippen molar-refractivity contribution in [2.75, 3.05) is 6.61 Å². The van der Waals surface area contributed by atoms with E-state index in [-0.39, 0.29) is 17.7 Å². The lowest BCUT2D eigenvalue weighted by Gasteiger charge is -2.09. The van der Waals surface area contributed by atoms with E-state index in [0.717, 1.165) is 12.8 Å². The van der Waals surface area contributed by atoms with Crippen LogP contribution in [0.4, 0.5) is 0 Å². The number of carbonyl (C=O) groups is 2. The quantitative estimate of drug-likeness (QED) is 0.406. The Labute approximate surface area is 103 Å². The van der Waals surface area contributed by atoms with Crippen LogP contribution in [0.3, 0.4) is 0 Å². The summed E-state index contributed by atoms with van der Waals surface area (Å²) in [6.45, 7) is 4.32. The van der Waals surface area contributed by atoms with Crippen molar-refractivity contribution in [2.45, 2.75) is 52.4 Å². The van der Waals surface area contributed by atoms with Gasteiger partial charge in [0.25, 0.3) is 0 Å². The topological polar surface area (TPSA) is 43.4 Å². The molecule has 1 atom stereocenters. The molecule has 0 aromatic heterocycles. The maximum Gasteiger partial charge on any atom is 0.313 e. The Kier molecular flexibility index (Phi) is 5.95. The van der Waals surface area contributed by atoms with Crippen LogP contribution in [0.2, 0.25) is 0 Å². The Morgan fingerprint density at radius 1 is 1.41 bits per heavy atom. The van der Waals surface area contributed by atoms with Crippen molar-refractivity contribution in [2.24, 2.45) is 5.92 Å². The summed E-state index contributed by atoms with van der Waals surface area (Å²) in [5, 5.41) is 0. The number of unbranched alkanes of at least 4 members (excludes halogenated alkanes) is 3. The molecular formula is C14H22O3. The van der Waals surface area contributed by atoms with Gasteiger partial charge in [-0.15, -0.1) is 0 Å². The zero-order chi connectivity index (χ0) is 12.7. The molecule has 1 aliphatic rings. The van der Waals surface area contributed by atoms with E-state index in [1.165, 1.54) is 12.8 Å². The molecule has 3 heteroatoms. The normalized spacial score (nSPS) is 22.1. The maximum atomic E-state index is 11.7. The second-order valence-electron chi connectivity index (χ2n) is 4.42. The fourth-order valence-corrected chi connectivity index (χ4v) is 2.17. The molecule has 96 valence electrons. The average Bonchev–Trinajstić information content (AvgIpc) is 2.67. The summed E-state index contributed by atoms with van der Waals surface area (Å²) in [4.78, 5) is 23.4. The molecule has 0 N–H and O–H groups in total. The highest BCUT2D eigenvalue weighted by Crippen LogP contribution is 2.29. The highest BCUT2D eigenvalue weighted by molar-refractivity contribution is 6.03. The smallest absolute Gasteiger partial charge is 0.313 e. The third kappa shape index (κ3) is 3.99. The first kappa shape index (κ1) is 13.9. The van der Waals surface area contributed by atoms with E-state index in [1.807, 2.05) is 6.08 Å². The number of hydrogen-bond acceptors (Lipinski definition) is 3. The number of esters is 1. The van der Waals surface area contributed by atoms with Crippen LogP contribution in [-0.2, 0) is 14.3 Å². The number of hydrogen-bond donors (Lipinski definition) is 0. The highest BCUT2D eigenvalue weighted by atomic mass is 16.5. The number of rotatable bonds is 6. The Morgan fingerprint density at radius 2 is 2.18 bits per heavy atom. The van der Waals surface area contributed by atoms with Crippen LogP contribution >= 0.6 is 0 Å². The molecule has 0 saturated heterocycles. The van der Waals surface area contributed by atoms with E-state index in [9.17, 15) is 9.59 Å². The van der Waals surface area contributed by atoms with Crippen LogP contribution in [0, 0.1) is 5.92 Å². The van der Waals surface area contributed by atoms with Crippen molar-refractivity contribution < 1.29 is 14.3 Å². The molecule has 0 radical (unpaired) electrons. The highest BCUT2D eigenvalue weighted by Gasteiger charge is 2.34. The summed E-state index contributed by atoms with van der Waals surface area (Å²) in [5.41, 5.74) is 0.694. The van der Waals surface area contributed by atoms with Crippen molar-refractivity contribution in [1.82, 2.24) is 0 Å². The number of ether oxygens (including phenoxy) is 1. The van der Waals surface area contributed by atoms with Crippen molar-refractivity contribution >= 4 is 11.8 Å². The Balaban J connectivity index is 2.58. The molecular weight excluding hydrogens is 216 g/mol. The van der Waals surface area contributed by atoms with E-state index in [4.69, 9.17) is 4.74 Å². The summed E-state index contributed by atoms with van der Waals surface area (Å²) in [6.07, 6.45) is 7.38. The average molecular weight is 238 g/mol. The lowest BCUT2D eigenvalue weighted by atomic mass is 10.0. The van der Waals surface area contributed by atoms with E-state index in [1.54, 1.807) is 6.92 Å². The van der Waals surface area contributed by atoms with Gasteiger partial charge in [0.1, 0.15) is 0 Å². The molecule has 1 unspecified atom stereocenters. The van der Waals surface area contributed by atoms with Gasteiger partial charge in [-0.2, -0.15) is 0 Å². The van der Waals surface area contributed by atoms with E-state index < -0.39 is 0 Å². The van der Waals surface area contributed by atoms with Gasteiger partial charge in [0, 0.05) is 12.0 Å². The van der Waals surface area contributed by atoms with E-state index in [0.29, 0.717) is 25.0 Å². The largest absolute Gasteiger partial charge is 0.466 e. The molecule has 17 heavy (non-hydrogen) atoms. The molecule has 0 bridgehead atoms. The summed E-state index contributed by atoms with van der Waals surface area (Å²) in [6, 6.07) is 0. The minimum absolute atomic E-state index is 0.125. The molecule has 1 fully saturated rings. The molecule has 0 amide bonds. The van der Waals surface area contributed by atoms with Gasteiger partial charge < -0.3 is 4.74 Å².